The molecular weight excluding hydrogens is 318 g/mol. The monoisotopic (exact) mass is 345 g/mol. The highest BCUT2D eigenvalue weighted by molar-refractivity contribution is 5.81. The van der Waals surface area contributed by atoms with Crippen LogP contribution in [0, 0.1) is 11.8 Å². The average Bonchev–Trinajstić information content (AvgIpc) is 3.39. The van der Waals surface area contributed by atoms with Crippen molar-refractivity contribution in [3.8, 4) is 0 Å². The smallest absolute Gasteiger partial charge is 0.225 e. The number of nitrogens with one attached hydrogen (secondary N) is 2. The van der Waals surface area contributed by atoms with Crippen molar-refractivity contribution in [1.29, 1.82) is 0 Å². The van der Waals surface area contributed by atoms with Crippen LogP contribution in [0.5, 0.6) is 0 Å². The summed E-state index contributed by atoms with van der Waals surface area (Å²) in [5, 5.41) is 14.0. The summed E-state index contributed by atoms with van der Waals surface area (Å²) in [6, 6.07) is 0.170. The fourth-order valence-corrected chi connectivity index (χ4v) is 4.62. The molecule has 0 aromatic carbocycles. The van der Waals surface area contributed by atoms with E-state index in [0.29, 0.717) is 18.9 Å². The van der Waals surface area contributed by atoms with E-state index in [4.69, 9.17) is 0 Å². The maximum absolute atomic E-state index is 12.7. The van der Waals surface area contributed by atoms with Crippen molar-refractivity contribution in [2.45, 2.75) is 63.8 Å². The second-order valence-electron chi connectivity index (χ2n) is 7.71. The number of H-pyrrole nitrogens is 1. The number of hydrogen-bond donors (Lipinski definition) is 2. The quantitative estimate of drug-likeness (QED) is 0.858. The summed E-state index contributed by atoms with van der Waals surface area (Å²) in [5.74, 6) is 0.603. The highest BCUT2D eigenvalue weighted by atomic mass is 16.2. The topological polar surface area (TPSA) is 91.0 Å². The summed E-state index contributed by atoms with van der Waals surface area (Å²) < 4.78 is 0. The van der Waals surface area contributed by atoms with E-state index in [1.807, 2.05) is 4.90 Å². The maximum Gasteiger partial charge on any atom is 0.225 e. The van der Waals surface area contributed by atoms with Crippen LogP contribution in [-0.2, 0) is 22.4 Å². The van der Waals surface area contributed by atoms with Crippen LogP contribution in [0.15, 0.2) is 0 Å². The van der Waals surface area contributed by atoms with E-state index in [-0.39, 0.29) is 23.8 Å². The van der Waals surface area contributed by atoms with Gasteiger partial charge in [0.25, 0.3) is 0 Å². The van der Waals surface area contributed by atoms with Crippen molar-refractivity contribution < 1.29 is 9.59 Å². The maximum atomic E-state index is 12.7. The van der Waals surface area contributed by atoms with Gasteiger partial charge < -0.3 is 10.2 Å². The van der Waals surface area contributed by atoms with Gasteiger partial charge in [0.15, 0.2) is 0 Å². The largest absolute Gasteiger partial charge is 0.354 e. The predicted molar refractivity (Wildman–Crippen MR) is 91.6 cm³/mol. The molecule has 2 heterocycles. The number of aryl methyl sites for hydroxylation is 1. The van der Waals surface area contributed by atoms with Gasteiger partial charge in [0, 0.05) is 37.4 Å². The summed E-state index contributed by atoms with van der Waals surface area (Å²) in [6.45, 7) is 1.43. The Labute approximate surface area is 147 Å². The van der Waals surface area contributed by atoms with E-state index in [2.05, 4.69) is 20.7 Å². The SMILES string of the molecule is O=C(NC[C@H]1CCCN1C(=O)C1CCCC1)C1CCc2n[nH]nc2C1. The number of aromatic nitrogens is 3. The Bertz CT molecular complexity index is 637. The predicted octanol–water partition coefficient (Wildman–Crippen LogP) is 1.21. The minimum Gasteiger partial charge on any atom is -0.354 e. The second-order valence-corrected chi connectivity index (χ2v) is 7.71. The summed E-state index contributed by atoms with van der Waals surface area (Å²) in [4.78, 5) is 27.3. The van der Waals surface area contributed by atoms with Crippen molar-refractivity contribution in [2.24, 2.45) is 11.8 Å². The molecule has 1 aromatic rings. The molecule has 136 valence electrons. The van der Waals surface area contributed by atoms with Crippen molar-refractivity contribution in [2.75, 3.05) is 13.1 Å². The van der Waals surface area contributed by atoms with Gasteiger partial charge in [0.05, 0.1) is 11.4 Å². The zero-order valence-corrected chi connectivity index (χ0v) is 14.7. The molecule has 3 aliphatic rings. The molecule has 7 heteroatoms. The Morgan fingerprint density at radius 2 is 1.84 bits per heavy atom. The number of carbonyl (C=O) groups is 2. The Balaban J connectivity index is 1.30. The van der Waals surface area contributed by atoms with Crippen LogP contribution >= 0.6 is 0 Å². The number of rotatable bonds is 4. The van der Waals surface area contributed by atoms with Crippen LogP contribution in [-0.4, -0.2) is 51.3 Å². The summed E-state index contributed by atoms with van der Waals surface area (Å²) in [5.41, 5.74) is 1.92. The lowest BCUT2D eigenvalue weighted by Crippen LogP contribution is -2.46. The lowest BCUT2D eigenvalue weighted by molar-refractivity contribution is -0.136. The zero-order chi connectivity index (χ0) is 17.2. The number of carbonyl (C=O) groups excluding carboxylic acids is 2. The first-order chi connectivity index (χ1) is 12.2. The molecule has 4 rings (SSSR count). The molecule has 1 aliphatic heterocycles. The molecular formula is C18H27N5O2. The van der Waals surface area contributed by atoms with Gasteiger partial charge in [-0.3, -0.25) is 9.59 Å². The van der Waals surface area contributed by atoms with E-state index in [1.54, 1.807) is 0 Å². The number of fused-ring (bicyclic) bond motifs is 1. The standard InChI is InChI=1S/C18H27N5O2/c24-17(13-7-8-15-16(10-13)21-22-20-15)19-11-14-6-3-9-23(14)18(25)12-4-1-2-5-12/h12-14H,1-11H2,(H,19,24)(H,20,21,22)/t13?,14-/m1/s1. The molecule has 1 aromatic heterocycles. The molecule has 2 atom stereocenters. The minimum atomic E-state index is -0.0296. The molecule has 0 radical (unpaired) electrons. The van der Waals surface area contributed by atoms with Gasteiger partial charge in [0.1, 0.15) is 0 Å². The first-order valence-corrected chi connectivity index (χ1v) is 9.69. The third kappa shape index (κ3) is 3.41. The molecule has 2 aliphatic carbocycles. The van der Waals surface area contributed by atoms with Crippen molar-refractivity contribution in [1.82, 2.24) is 25.6 Å². The van der Waals surface area contributed by atoms with Crippen molar-refractivity contribution in [3.63, 3.8) is 0 Å². The van der Waals surface area contributed by atoms with E-state index < -0.39 is 0 Å². The molecule has 1 saturated heterocycles. The van der Waals surface area contributed by atoms with Gasteiger partial charge in [-0.15, -0.1) is 0 Å². The molecule has 0 spiro atoms. The number of likely N-dealkylation sites (tertiary alicyclic amines) is 1. The minimum absolute atomic E-state index is 0.0296. The highest BCUT2D eigenvalue weighted by Crippen LogP contribution is 2.29. The second kappa shape index (κ2) is 7.14. The Morgan fingerprint density at radius 1 is 1.04 bits per heavy atom. The van der Waals surface area contributed by atoms with Crippen LogP contribution in [0.4, 0.5) is 0 Å². The van der Waals surface area contributed by atoms with Gasteiger partial charge in [-0.25, -0.2) is 0 Å². The van der Waals surface area contributed by atoms with E-state index in [9.17, 15) is 9.59 Å². The van der Waals surface area contributed by atoms with Crippen LogP contribution < -0.4 is 5.32 Å². The number of amides is 2. The van der Waals surface area contributed by atoms with E-state index in [1.165, 1.54) is 12.8 Å². The van der Waals surface area contributed by atoms with Crippen LogP contribution in [0.1, 0.15) is 56.3 Å². The van der Waals surface area contributed by atoms with Crippen LogP contribution in [0.25, 0.3) is 0 Å². The first-order valence-electron chi connectivity index (χ1n) is 9.69. The molecule has 1 unspecified atom stereocenters. The Kier molecular flexibility index (Phi) is 4.72. The fourth-order valence-electron chi connectivity index (χ4n) is 4.62. The lowest BCUT2D eigenvalue weighted by Gasteiger charge is -2.28. The average molecular weight is 345 g/mol. The summed E-state index contributed by atoms with van der Waals surface area (Å²) >= 11 is 0. The molecule has 2 N–H and O–H groups in total. The van der Waals surface area contributed by atoms with Gasteiger partial charge >= 0.3 is 0 Å². The van der Waals surface area contributed by atoms with Gasteiger partial charge in [-0.2, -0.15) is 15.4 Å². The molecule has 0 bridgehead atoms. The first kappa shape index (κ1) is 16.5. The number of nitrogens with zero attached hydrogens (tertiary/aromatic N) is 3. The Hall–Kier alpha value is -1.92. The Morgan fingerprint density at radius 3 is 2.68 bits per heavy atom. The van der Waals surface area contributed by atoms with Crippen LogP contribution in [0.3, 0.4) is 0 Å². The lowest BCUT2D eigenvalue weighted by atomic mass is 9.89. The van der Waals surface area contributed by atoms with Crippen molar-refractivity contribution in [3.05, 3.63) is 11.4 Å². The highest BCUT2D eigenvalue weighted by Gasteiger charge is 2.35. The zero-order valence-electron chi connectivity index (χ0n) is 14.7. The normalized spacial score (nSPS) is 26.6. The molecule has 25 heavy (non-hydrogen) atoms. The van der Waals surface area contributed by atoms with E-state index in [0.717, 1.165) is 56.5 Å². The molecule has 1 saturated carbocycles. The summed E-state index contributed by atoms with van der Waals surface area (Å²) in [6.07, 6.45) is 8.76. The van der Waals surface area contributed by atoms with Gasteiger partial charge in [0.2, 0.25) is 11.8 Å². The number of hydrogen-bond acceptors (Lipinski definition) is 4. The third-order valence-electron chi connectivity index (χ3n) is 6.12. The fraction of sp³-hybridized carbons (Fsp3) is 0.778. The number of aromatic amines is 1. The summed E-state index contributed by atoms with van der Waals surface area (Å²) in [7, 11) is 0. The van der Waals surface area contributed by atoms with Gasteiger partial charge in [-0.1, -0.05) is 12.8 Å². The molecule has 7 nitrogen and oxygen atoms in total. The molecule has 2 fully saturated rings. The molecule has 2 amide bonds. The van der Waals surface area contributed by atoms with E-state index >= 15 is 0 Å². The third-order valence-corrected chi connectivity index (χ3v) is 6.12. The van der Waals surface area contributed by atoms with Crippen molar-refractivity contribution >= 4 is 11.8 Å². The van der Waals surface area contributed by atoms with Gasteiger partial charge in [-0.05, 0) is 38.5 Å². The van der Waals surface area contributed by atoms with Crippen LogP contribution in [0.2, 0.25) is 0 Å².